The van der Waals surface area contributed by atoms with Gasteiger partial charge in [-0.05, 0) is 56.1 Å². The number of para-hydroxylation sites is 1. The molecule has 0 aromatic heterocycles. The Morgan fingerprint density at radius 2 is 1.79 bits per heavy atom. The first-order chi connectivity index (χ1) is 9.00. The summed E-state index contributed by atoms with van der Waals surface area (Å²) in [6.07, 6.45) is 0. The lowest BCUT2D eigenvalue weighted by molar-refractivity contribution is 0.0695. The molecule has 1 N–H and O–H groups in total. The summed E-state index contributed by atoms with van der Waals surface area (Å²) in [6.45, 7) is 0. The first kappa shape index (κ1) is 14.0. The molecular weight excluding hydrogens is 383 g/mol. The van der Waals surface area contributed by atoms with E-state index in [0.29, 0.717) is 10.2 Å². The number of rotatable bonds is 3. The lowest BCUT2D eigenvalue weighted by atomic mass is 10.2. The largest absolute Gasteiger partial charge is 0.478 e. The molecule has 2 rings (SSSR count). The van der Waals surface area contributed by atoms with Crippen LogP contribution in [0.2, 0.25) is 0 Å². The van der Waals surface area contributed by atoms with Gasteiger partial charge in [0.25, 0.3) is 0 Å². The number of hydrogen-bond acceptors (Lipinski definition) is 2. The molecule has 0 radical (unpaired) electrons. The molecule has 0 unspecified atom stereocenters. The highest BCUT2D eigenvalue weighted by Gasteiger charge is 2.17. The molecule has 0 amide bonds. The third-order valence-electron chi connectivity index (χ3n) is 2.33. The van der Waals surface area contributed by atoms with Crippen molar-refractivity contribution in [2.24, 2.45) is 0 Å². The van der Waals surface area contributed by atoms with Crippen LogP contribution in [0.4, 0.5) is 4.39 Å². The van der Waals surface area contributed by atoms with E-state index in [9.17, 15) is 9.18 Å². The molecule has 0 bridgehead atoms. The van der Waals surface area contributed by atoms with E-state index in [1.807, 2.05) is 0 Å². The normalized spacial score (nSPS) is 10.3. The van der Waals surface area contributed by atoms with Crippen molar-refractivity contribution in [3.05, 3.63) is 56.7 Å². The number of carboxylic acids is 1. The molecule has 0 aliphatic carbocycles. The Morgan fingerprint density at radius 3 is 2.42 bits per heavy atom. The van der Waals surface area contributed by atoms with Gasteiger partial charge in [-0.2, -0.15) is 0 Å². The van der Waals surface area contributed by atoms with Crippen LogP contribution < -0.4 is 4.74 Å². The predicted molar refractivity (Wildman–Crippen MR) is 75.3 cm³/mol. The molecule has 0 saturated heterocycles. The van der Waals surface area contributed by atoms with Crippen LogP contribution in [0.15, 0.2) is 45.3 Å². The molecule has 6 heteroatoms. The average molecular weight is 390 g/mol. The number of carboxylic acid groups (broad SMARTS) is 1. The second kappa shape index (κ2) is 5.71. The molecule has 19 heavy (non-hydrogen) atoms. The van der Waals surface area contributed by atoms with E-state index in [0.717, 1.165) is 0 Å². The van der Waals surface area contributed by atoms with E-state index in [1.165, 1.54) is 12.1 Å². The van der Waals surface area contributed by atoms with Gasteiger partial charge in [0.05, 0.1) is 14.5 Å². The van der Waals surface area contributed by atoms with Gasteiger partial charge < -0.3 is 9.84 Å². The lowest BCUT2D eigenvalue weighted by Gasteiger charge is -2.10. The first-order valence-corrected chi connectivity index (χ1v) is 6.73. The zero-order valence-electron chi connectivity index (χ0n) is 9.36. The van der Waals surface area contributed by atoms with Crippen LogP contribution in [0.3, 0.4) is 0 Å². The molecule has 0 heterocycles. The van der Waals surface area contributed by atoms with Crippen molar-refractivity contribution in [1.29, 1.82) is 0 Å². The summed E-state index contributed by atoms with van der Waals surface area (Å²) in [5.41, 5.74) is -0.156. The highest BCUT2D eigenvalue weighted by molar-refractivity contribution is 9.10. The number of aromatic carboxylic acids is 1. The molecule has 2 aromatic carbocycles. The van der Waals surface area contributed by atoms with Crippen molar-refractivity contribution in [1.82, 2.24) is 0 Å². The summed E-state index contributed by atoms with van der Waals surface area (Å²) in [4.78, 5) is 10.9. The molecule has 0 saturated carbocycles. The Balaban J connectivity index is 2.40. The van der Waals surface area contributed by atoms with Crippen molar-refractivity contribution in [3.63, 3.8) is 0 Å². The fourth-order valence-corrected chi connectivity index (χ4v) is 2.28. The van der Waals surface area contributed by atoms with Crippen molar-refractivity contribution in [2.75, 3.05) is 0 Å². The molecular formula is C13H7Br2FO3. The SMILES string of the molecule is O=C(O)c1ccc(Oc2ccccc2Br)c(F)c1Br. The van der Waals surface area contributed by atoms with Gasteiger partial charge in [-0.15, -0.1) is 0 Å². The molecule has 98 valence electrons. The topological polar surface area (TPSA) is 46.5 Å². The smallest absolute Gasteiger partial charge is 0.336 e. The number of hydrogen-bond donors (Lipinski definition) is 1. The van der Waals surface area contributed by atoms with Gasteiger partial charge >= 0.3 is 5.97 Å². The van der Waals surface area contributed by atoms with Gasteiger partial charge in [0.1, 0.15) is 5.75 Å². The summed E-state index contributed by atoms with van der Waals surface area (Å²) in [6, 6.07) is 9.54. The summed E-state index contributed by atoms with van der Waals surface area (Å²) >= 11 is 6.20. The Hall–Kier alpha value is -1.40. The predicted octanol–water partition coefficient (Wildman–Crippen LogP) is 4.84. The van der Waals surface area contributed by atoms with Crippen LogP contribution in [-0.4, -0.2) is 11.1 Å². The van der Waals surface area contributed by atoms with E-state index < -0.39 is 11.8 Å². The Labute approximate surface area is 125 Å². The minimum Gasteiger partial charge on any atom is -0.478 e. The fourth-order valence-electron chi connectivity index (χ4n) is 1.42. The fraction of sp³-hybridized carbons (Fsp3) is 0. The van der Waals surface area contributed by atoms with Crippen LogP contribution in [0, 0.1) is 5.82 Å². The van der Waals surface area contributed by atoms with Gasteiger partial charge in [0.2, 0.25) is 0 Å². The second-order valence-electron chi connectivity index (χ2n) is 3.58. The zero-order valence-corrected chi connectivity index (χ0v) is 12.5. The van der Waals surface area contributed by atoms with E-state index in [2.05, 4.69) is 31.9 Å². The number of carbonyl (C=O) groups is 1. The maximum Gasteiger partial charge on any atom is 0.336 e. The van der Waals surface area contributed by atoms with Crippen molar-refractivity contribution in [2.45, 2.75) is 0 Å². The van der Waals surface area contributed by atoms with Crippen molar-refractivity contribution < 1.29 is 19.0 Å². The second-order valence-corrected chi connectivity index (χ2v) is 5.22. The van der Waals surface area contributed by atoms with Gasteiger partial charge in [-0.3, -0.25) is 0 Å². The zero-order chi connectivity index (χ0) is 14.0. The average Bonchev–Trinajstić information content (AvgIpc) is 2.37. The summed E-state index contributed by atoms with van der Waals surface area (Å²) in [5, 5.41) is 8.87. The molecule has 0 atom stereocenters. The highest BCUT2D eigenvalue weighted by atomic mass is 79.9. The monoisotopic (exact) mass is 388 g/mol. The van der Waals surface area contributed by atoms with E-state index >= 15 is 0 Å². The summed E-state index contributed by atoms with van der Waals surface area (Å²) in [5.74, 6) is -1.57. The molecule has 3 nitrogen and oxygen atoms in total. The maximum atomic E-state index is 14.0. The van der Waals surface area contributed by atoms with Crippen LogP contribution in [-0.2, 0) is 0 Å². The molecule has 0 spiro atoms. The van der Waals surface area contributed by atoms with Gasteiger partial charge in [0, 0.05) is 0 Å². The van der Waals surface area contributed by atoms with Crippen LogP contribution >= 0.6 is 31.9 Å². The van der Waals surface area contributed by atoms with E-state index in [1.54, 1.807) is 24.3 Å². The Kier molecular flexibility index (Phi) is 4.21. The number of halogens is 3. The van der Waals surface area contributed by atoms with E-state index in [4.69, 9.17) is 9.84 Å². The van der Waals surface area contributed by atoms with Crippen molar-refractivity contribution in [3.8, 4) is 11.5 Å². The molecule has 0 fully saturated rings. The lowest BCUT2D eigenvalue weighted by Crippen LogP contribution is -2.00. The minimum atomic E-state index is -1.21. The minimum absolute atomic E-state index is 0.0521. The maximum absolute atomic E-state index is 14.0. The van der Waals surface area contributed by atoms with Crippen LogP contribution in [0.25, 0.3) is 0 Å². The highest BCUT2D eigenvalue weighted by Crippen LogP contribution is 2.34. The molecule has 2 aromatic rings. The Morgan fingerprint density at radius 1 is 1.11 bits per heavy atom. The summed E-state index contributed by atoms with van der Waals surface area (Å²) < 4.78 is 19.9. The number of ether oxygens (including phenoxy) is 1. The summed E-state index contributed by atoms with van der Waals surface area (Å²) in [7, 11) is 0. The molecule has 0 aliphatic heterocycles. The van der Waals surface area contributed by atoms with Crippen molar-refractivity contribution >= 4 is 37.8 Å². The number of benzene rings is 2. The van der Waals surface area contributed by atoms with Gasteiger partial charge in [-0.25, -0.2) is 9.18 Å². The third kappa shape index (κ3) is 2.96. The first-order valence-electron chi connectivity index (χ1n) is 5.14. The quantitative estimate of drug-likeness (QED) is 0.816. The Bertz CT molecular complexity index is 644. The van der Waals surface area contributed by atoms with E-state index in [-0.39, 0.29) is 15.8 Å². The van der Waals surface area contributed by atoms with Gasteiger partial charge in [-0.1, -0.05) is 12.1 Å². The third-order valence-corrected chi connectivity index (χ3v) is 3.76. The standard InChI is InChI=1S/C13H7Br2FO3/c14-8-3-1-2-4-9(8)19-10-6-5-7(13(17)18)11(15)12(10)16/h1-6H,(H,17,18). The van der Waals surface area contributed by atoms with Crippen LogP contribution in [0.1, 0.15) is 10.4 Å². The molecule has 0 aliphatic rings. The van der Waals surface area contributed by atoms with Gasteiger partial charge in [0.15, 0.2) is 11.6 Å². The van der Waals surface area contributed by atoms with Crippen LogP contribution in [0.5, 0.6) is 11.5 Å².